The molecule has 36 heavy (non-hydrogen) atoms. The fraction of sp³-hybridized carbons (Fsp3) is 0.367. The van der Waals surface area contributed by atoms with Gasteiger partial charge in [0.05, 0.1) is 13.2 Å². The largest absolute Gasteiger partial charge is 0.493 e. The first kappa shape index (κ1) is 24.2. The van der Waals surface area contributed by atoms with Crippen LogP contribution in [0, 0.1) is 5.92 Å². The first-order valence-electron chi connectivity index (χ1n) is 12.9. The fourth-order valence-electron chi connectivity index (χ4n) is 4.70. The summed E-state index contributed by atoms with van der Waals surface area (Å²) in [4.78, 5) is 15.0. The van der Waals surface area contributed by atoms with Gasteiger partial charge in [0, 0.05) is 49.0 Å². The van der Waals surface area contributed by atoms with Crippen molar-refractivity contribution in [1.29, 1.82) is 0 Å². The lowest BCUT2D eigenvalue weighted by atomic mass is 10.1. The van der Waals surface area contributed by atoms with Crippen LogP contribution in [0.25, 0.3) is 0 Å². The molecule has 2 aliphatic heterocycles. The normalized spacial score (nSPS) is 16.6. The summed E-state index contributed by atoms with van der Waals surface area (Å²) in [5.41, 5.74) is 5.22. The molecule has 0 bridgehead atoms. The van der Waals surface area contributed by atoms with E-state index >= 15 is 0 Å². The van der Waals surface area contributed by atoms with Gasteiger partial charge in [0.1, 0.15) is 11.5 Å². The molecule has 0 saturated carbocycles. The van der Waals surface area contributed by atoms with Crippen molar-refractivity contribution in [2.75, 3.05) is 36.5 Å². The maximum Gasteiger partial charge on any atom is 0.255 e. The Morgan fingerprint density at radius 2 is 1.89 bits per heavy atom. The van der Waals surface area contributed by atoms with Gasteiger partial charge in [-0.1, -0.05) is 26.0 Å². The standard InChI is InChI=1S/C30H35N3O3/c1-21(2)20-36-28-10-4-23(5-11-28)30(34)32-25-6-8-27(9-7-25)33-15-13-26(19-33)31-18-22-3-12-29-24(17-22)14-16-35-29/h3-12,17,21,26,31H,13-16,18-20H2,1-2H3,(H,32,34). The Kier molecular flexibility index (Phi) is 7.42. The fourth-order valence-corrected chi connectivity index (χ4v) is 4.70. The van der Waals surface area contributed by atoms with Gasteiger partial charge in [-0.05, 0) is 78.1 Å². The van der Waals surface area contributed by atoms with Crippen LogP contribution < -0.4 is 25.0 Å². The minimum atomic E-state index is -0.123. The number of carbonyl (C=O) groups excluding carboxylic acids is 1. The zero-order valence-electron chi connectivity index (χ0n) is 21.1. The molecule has 2 N–H and O–H groups in total. The lowest BCUT2D eigenvalue weighted by Crippen LogP contribution is -2.32. The van der Waals surface area contributed by atoms with Gasteiger partial charge in [0.2, 0.25) is 0 Å². The third kappa shape index (κ3) is 6.00. The van der Waals surface area contributed by atoms with Gasteiger partial charge in [-0.15, -0.1) is 0 Å². The quantitative estimate of drug-likeness (QED) is 0.432. The lowest BCUT2D eigenvalue weighted by Gasteiger charge is -2.20. The maximum atomic E-state index is 12.6. The molecule has 1 fully saturated rings. The van der Waals surface area contributed by atoms with E-state index in [1.54, 1.807) is 12.1 Å². The van der Waals surface area contributed by atoms with Gasteiger partial charge in [-0.3, -0.25) is 4.79 Å². The SMILES string of the molecule is CC(C)COc1ccc(C(=O)Nc2ccc(N3CCC(NCc4ccc5c(c4)CCO5)C3)cc2)cc1. The second kappa shape index (κ2) is 11.0. The Balaban J connectivity index is 1.10. The summed E-state index contributed by atoms with van der Waals surface area (Å²) in [6, 6.07) is 22.4. The Labute approximate surface area is 213 Å². The molecule has 188 valence electrons. The second-order valence-corrected chi connectivity index (χ2v) is 10.1. The molecule has 1 atom stereocenters. The van der Waals surface area contributed by atoms with Crippen LogP contribution in [0.2, 0.25) is 0 Å². The summed E-state index contributed by atoms with van der Waals surface area (Å²) >= 11 is 0. The van der Waals surface area contributed by atoms with Crippen LogP contribution in [0.1, 0.15) is 41.8 Å². The highest BCUT2D eigenvalue weighted by Crippen LogP contribution is 2.27. The molecule has 3 aromatic carbocycles. The van der Waals surface area contributed by atoms with Crippen LogP contribution >= 0.6 is 0 Å². The zero-order valence-corrected chi connectivity index (χ0v) is 21.1. The molecule has 2 aliphatic rings. The van der Waals surface area contributed by atoms with Crippen LogP contribution in [0.3, 0.4) is 0 Å². The predicted octanol–water partition coefficient (Wildman–Crippen LogP) is 5.28. The van der Waals surface area contributed by atoms with Crippen LogP contribution in [0.5, 0.6) is 11.5 Å². The number of nitrogens with zero attached hydrogens (tertiary/aromatic N) is 1. The number of carbonyl (C=O) groups is 1. The molecule has 0 spiro atoms. The predicted molar refractivity (Wildman–Crippen MR) is 144 cm³/mol. The molecule has 1 unspecified atom stereocenters. The number of hydrogen-bond donors (Lipinski definition) is 2. The van der Waals surface area contributed by atoms with Gasteiger partial charge in [-0.25, -0.2) is 0 Å². The van der Waals surface area contributed by atoms with Crippen LogP contribution in [0.15, 0.2) is 66.7 Å². The van der Waals surface area contributed by atoms with Gasteiger partial charge in [0.15, 0.2) is 0 Å². The molecule has 3 aromatic rings. The molecule has 1 saturated heterocycles. The summed E-state index contributed by atoms with van der Waals surface area (Å²) < 4.78 is 11.3. The van der Waals surface area contributed by atoms with Gasteiger partial charge >= 0.3 is 0 Å². The lowest BCUT2D eigenvalue weighted by molar-refractivity contribution is 0.102. The van der Waals surface area contributed by atoms with Crippen molar-refractivity contribution < 1.29 is 14.3 Å². The second-order valence-electron chi connectivity index (χ2n) is 10.1. The number of rotatable bonds is 9. The van der Waals surface area contributed by atoms with E-state index in [1.807, 2.05) is 24.3 Å². The molecule has 6 heteroatoms. The van der Waals surface area contributed by atoms with Crippen LogP contribution in [-0.4, -0.2) is 38.3 Å². The summed E-state index contributed by atoms with van der Waals surface area (Å²) in [5.74, 6) is 2.16. The zero-order chi connectivity index (χ0) is 24.9. The minimum absolute atomic E-state index is 0.123. The molecular weight excluding hydrogens is 450 g/mol. The van der Waals surface area contributed by atoms with Crippen molar-refractivity contribution in [1.82, 2.24) is 5.32 Å². The Morgan fingerprint density at radius 1 is 1.08 bits per heavy atom. The highest BCUT2D eigenvalue weighted by molar-refractivity contribution is 6.04. The topological polar surface area (TPSA) is 62.8 Å². The number of anilines is 2. The molecule has 5 rings (SSSR count). The number of nitrogens with one attached hydrogen (secondary N) is 2. The van der Waals surface area contributed by atoms with E-state index in [9.17, 15) is 4.79 Å². The van der Waals surface area contributed by atoms with E-state index in [4.69, 9.17) is 9.47 Å². The summed E-state index contributed by atoms with van der Waals surface area (Å²) in [7, 11) is 0. The third-order valence-corrected chi connectivity index (χ3v) is 6.73. The summed E-state index contributed by atoms with van der Waals surface area (Å²) in [5, 5.41) is 6.70. The minimum Gasteiger partial charge on any atom is -0.493 e. The highest BCUT2D eigenvalue weighted by atomic mass is 16.5. The average Bonchev–Trinajstić information content (AvgIpc) is 3.56. The van der Waals surface area contributed by atoms with Gasteiger partial charge < -0.3 is 25.0 Å². The highest BCUT2D eigenvalue weighted by Gasteiger charge is 2.22. The summed E-state index contributed by atoms with van der Waals surface area (Å²) in [6.07, 6.45) is 2.12. The van der Waals surface area contributed by atoms with Crippen molar-refractivity contribution in [3.63, 3.8) is 0 Å². The number of hydrogen-bond acceptors (Lipinski definition) is 5. The summed E-state index contributed by atoms with van der Waals surface area (Å²) in [6.45, 7) is 8.56. The van der Waals surface area contributed by atoms with E-state index in [-0.39, 0.29) is 5.91 Å². The molecule has 0 radical (unpaired) electrons. The number of fused-ring (bicyclic) bond motifs is 1. The Hall–Kier alpha value is -3.51. The molecule has 1 amide bonds. The molecular formula is C30H35N3O3. The molecule has 0 aliphatic carbocycles. The molecule has 6 nitrogen and oxygen atoms in total. The maximum absolute atomic E-state index is 12.6. The van der Waals surface area contributed by atoms with Gasteiger partial charge in [-0.2, -0.15) is 0 Å². The van der Waals surface area contributed by atoms with Crippen molar-refractivity contribution in [2.45, 2.75) is 39.3 Å². The monoisotopic (exact) mass is 485 g/mol. The van der Waals surface area contributed by atoms with Crippen LogP contribution in [0.4, 0.5) is 11.4 Å². The van der Waals surface area contributed by atoms with E-state index in [0.717, 1.165) is 56.3 Å². The van der Waals surface area contributed by atoms with E-state index in [2.05, 4.69) is 59.7 Å². The molecule has 0 aromatic heterocycles. The Morgan fingerprint density at radius 3 is 2.67 bits per heavy atom. The van der Waals surface area contributed by atoms with E-state index < -0.39 is 0 Å². The third-order valence-electron chi connectivity index (χ3n) is 6.73. The van der Waals surface area contributed by atoms with E-state index in [0.29, 0.717) is 24.1 Å². The smallest absolute Gasteiger partial charge is 0.255 e. The van der Waals surface area contributed by atoms with E-state index in [1.165, 1.54) is 16.8 Å². The van der Waals surface area contributed by atoms with Gasteiger partial charge in [0.25, 0.3) is 5.91 Å². The van der Waals surface area contributed by atoms with Crippen molar-refractivity contribution in [3.05, 3.63) is 83.4 Å². The van der Waals surface area contributed by atoms with Crippen molar-refractivity contribution in [3.8, 4) is 11.5 Å². The number of ether oxygens (including phenoxy) is 2. The van der Waals surface area contributed by atoms with Crippen molar-refractivity contribution in [2.24, 2.45) is 5.92 Å². The van der Waals surface area contributed by atoms with Crippen LogP contribution in [-0.2, 0) is 13.0 Å². The first-order chi connectivity index (χ1) is 17.5. The first-order valence-corrected chi connectivity index (χ1v) is 12.9. The molecule has 2 heterocycles. The number of benzene rings is 3. The van der Waals surface area contributed by atoms with Crippen molar-refractivity contribution >= 4 is 17.3 Å². The number of amides is 1. The Bertz CT molecular complexity index is 1180. The average molecular weight is 486 g/mol.